The summed E-state index contributed by atoms with van der Waals surface area (Å²) in [5.41, 5.74) is 13.1. The maximum atomic E-state index is 12.3. The van der Waals surface area contributed by atoms with E-state index in [1.807, 2.05) is 25.1 Å². The van der Waals surface area contributed by atoms with Crippen LogP contribution >= 0.6 is 27.7 Å². The number of carbonyl (C=O) groups excluding carboxylic acids is 1. The molecule has 6 nitrogen and oxygen atoms in total. The van der Waals surface area contributed by atoms with E-state index in [0.29, 0.717) is 5.16 Å². The van der Waals surface area contributed by atoms with Crippen LogP contribution in [0.25, 0.3) is 0 Å². The van der Waals surface area contributed by atoms with E-state index in [9.17, 15) is 4.79 Å². The van der Waals surface area contributed by atoms with Gasteiger partial charge in [-0.3, -0.25) is 4.79 Å². The summed E-state index contributed by atoms with van der Waals surface area (Å²) in [6, 6.07) is 7.19. The summed E-state index contributed by atoms with van der Waals surface area (Å²) in [5.74, 6) is 0.409. The number of aromatic nitrogens is 2. The lowest BCUT2D eigenvalue weighted by molar-refractivity contribution is -0.115. The van der Waals surface area contributed by atoms with Gasteiger partial charge in [-0.1, -0.05) is 17.8 Å². The van der Waals surface area contributed by atoms with Crippen molar-refractivity contribution in [2.24, 2.45) is 0 Å². The molecule has 0 aliphatic heterocycles. The molecule has 0 bridgehead atoms. The SMILES string of the molecule is Cc1ccc(NC(=O)C(C)Sc2nc(N)cc(N)n2)c(Br)c1. The number of nitrogen functional groups attached to an aromatic ring is 2. The minimum atomic E-state index is -0.394. The van der Waals surface area contributed by atoms with Crippen LogP contribution in [0.2, 0.25) is 0 Å². The molecule has 1 aromatic heterocycles. The Hall–Kier alpha value is -1.80. The number of amides is 1. The number of anilines is 3. The summed E-state index contributed by atoms with van der Waals surface area (Å²) in [5, 5.41) is 2.85. The normalized spacial score (nSPS) is 12.0. The molecule has 0 radical (unpaired) electrons. The van der Waals surface area contributed by atoms with Crippen LogP contribution < -0.4 is 16.8 Å². The second-order valence-corrected chi connectivity index (χ2v) is 6.90. The third kappa shape index (κ3) is 4.35. The molecule has 1 amide bonds. The topological polar surface area (TPSA) is 107 Å². The number of carbonyl (C=O) groups is 1. The van der Waals surface area contributed by atoms with Gasteiger partial charge in [0, 0.05) is 10.5 Å². The van der Waals surface area contributed by atoms with Crippen molar-refractivity contribution in [2.75, 3.05) is 16.8 Å². The molecule has 1 heterocycles. The zero-order valence-corrected chi connectivity index (χ0v) is 14.5. The molecule has 116 valence electrons. The van der Waals surface area contributed by atoms with Gasteiger partial charge in [0.15, 0.2) is 5.16 Å². The fourth-order valence-electron chi connectivity index (χ4n) is 1.68. The molecule has 1 unspecified atom stereocenters. The first kappa shape index (κ1) is 16.6. The van der Waals surface area contributed by atoms with E-state index in [1.54, 1.807) is 6.92 Å². The minimum absolute atomic E-state index is 0.154. The van der Waals surface area contributed by atoms with E-state index in [1.165, 1.54) is 17.8 Å². The summed E-state index contributed by atoms with van der Waals surface area (Å²) < 4.78 is 0.836. The maximum absolute atomic E-state index is 12.3. The molecule has 2 rings (SSSR count). The highest BCUT2D eigenvalue weighted by atomic mass is 79.9. The fraction of sp³-hybridized carbons (Fsp3) is 0.214. The van der Waals surface area contributed by atoms with Crippen LogP contribution in [0.5, 0.6) is 0 Å². The first-order valence-electron chi connectivity index (χ1n) is 6.49. The number of halogens is 1. The zero-order chi connectivity index (χ0) is 16.3. The fourth-order valence-corrected chi connectivity index (χ4v) is 3.07. The van der Waals surface area contributed by atoms with E-state index in [4.69, 9.17) is 11.5 Å². The molecular weight excluding hydrogens is 366 g/mol. The Morgan fingerprint density at radius 3 is 2.50 bits per heavy atom. The Kier molecular flexibility index (Phi) is 5.25. The van der Waals surface area contributed by atoms with Gasteiger partial charge in [0.1, 0.15) is 11.6 Å². The number of nitrogens with zero attached hydrogens (tertiary/aromatic N) is 2. The lowest BCUT2D eigenvalue weighted by atomic mass is 10.2. The monoisotopic (exact) mass is 381 g/mol. The molecule has 1 atom stereocenters. The highest BCUT2D eigenvalue weighted by Gasteiger charge is 2.17. The molecule has 0 saturated carbocycles. The van der Waals surface area contributed by atoms with Crippen LogP contribution in [0.1, 0.15) is 12.5 Å². The lowest BCUT2D eigenvalue weighted by Gasteiger charge is -2.13. The predicted molar refractivity (Wildman–Crippen MR) is 93.7 cm³/mol. The van der Waals surface area contributed by atoms with E-state index < -0.39 is 5.25 Å². The molecule has 22 heavy (non-hydrogen) atoms. The quantitative estimate of drug-likeness (QED) is 0.555. The average Bonchev–Trinajstić information content (AvgIpc) is 2.40. The summed E-state index contributed by atoms with van der Waals surface area (Å²) >= 11 is 4.63. The number of hydrogen-bond acceptors (Lipinski definition) is 6. The third-order valence-electron chi connectivity index (χ3n) is 2.78. The Balaban J connectivity index is 2.05. The Labute approximate surface area is 141 Å². The largest absolute Gasteiger partial charge is 0.383 e. The molecule has 0 spiro atoms. The van der Waals surface area contributed by atoms with E-state index in [2.05, 4.69) is 31.2 Å². The van der Waals surface area contributed by atoms with Crippen molar-refractivity contribution < 1.29 is 4.79 Å². The summed E-state index contributed by atoms with van der Waals surface area (Å²) in [7, 11) is 0. The average molecular weight is 382 g/mol. The molecule has 0 saturated heterocycles. The summed E-state index contributed by atoms with van der Waals surface area (Å²) in [4.78, 5) is 20.4. The van der Waals surface area contributed by atoms with Crippen LogP contribution in [0, 0.1) is 6.92 Å². The molecule has 5 N–H and O–H groups in total. The smallest absolute Gasteiger partial charge is 0.237 e. The maximum Gasteiger partial charge on any atom is 0.237 e. The van der Waals surface area contributed by atoms with Crippen molar-refractivity contribution in [2.45, 2.75) is 24.3 Å². The van der Waals surface area contributed by atoms with Crippen LogP contribution in [0.3, 0.4) is 0 Å². The van der Waals surface area contributed by atoms with Gasteiger partial charge >= 0.3 is 0 Å². The van der Waals surface area contributed by atoms with Crippen LogP contribution in [0.15, 0.2) is 33.9 Å². The van der Waals surface area contributed by atoms with Crippen molar-refractivity contribution in [3.63, 3.8) is 0 Å². The van der Waals surface area contributed by atoms with Gasteiger partial charge in [-0.2, -0.15) is 0 Å². The van der Waals surface area contributed by atoms with Crippen molar-refractivity contribution in [1.82, 2.24) is 9.97 Å². The highest BCUT2D eigenvalue weighted by molar-refractivity contribution is 9.10. The van der Waals surface area contributed by atoms with Crippen LogP contribution in [0.4, 0.5) is 17.3 Å². The first-order valence-corrected chi connectivity index (χ1v) is 8.16. The lowest BCUT2D eigenvalue weighted by Crippen LogP contribution is -2.23. The third-order valence-corrected chi connectivity index (χ3v) is 4.40. The summed E-state index contributed by atoms with van der Waals surface area (Å²) in [6.07, 6.45) is 0. The minimum Gasteiger partial charge on any atom is -0.383 e. The molecule has 0 aliphatic rings. The van der Waals surface area contributed by atoms with Crippen molar-refractivity contribution >= 4 is 50.9 Å². The zero-order valence-electron chi connectivity index (χ0n) is 12.1. The van der Waals surface area contributed by atoms with Crippen molar-refractivity contribution in [3.05, 3.63) is 34.3 Å². The van der Waals surface area contributed by atoms with E-state index in [0.717, 1.165) is 15.7 Å². The van der Waals surface area contributed by atoms with E-state index >= 15 is 0 Å². The number of thioether (sulfide) groups is 1. The van der Waals surface area contributed by atoms with E-state index in [-0.39, 0.29) is 17.5 Å². The molecule has 8 heteroatoms. The predicted octanol–water partition coefficient (Wildman–Crippen LogP) is 2.83. The Morgan fingerprint density at radius 1 is 1.27 bits per heavy atom. The van der Waals surface area contributed by atoms with Gasteiger partial charge < -0.3 is 16.8 Å². The van der Waals surface area contributed by atoms with Gasteiger partial charge in [0.05, 0.1) is 10.9 Å². The number of benzene rings is 1. The Morgan fingerprint density at radius 2 is 1.91 bits per heavy atom. The molecule has 0 fully saturated rings. The highest BCUT2D eigenvalue weighted by Crippen LogP contribution is 2.26. The van der Waals surface area contributed by atoms with Crippen molar-refractivity contribution in [3.8, 4) is 0 Å². The number of aryl methyl sites for hydroxylation is 1. The Bertz CT molecular complexity index is 689. The second-order valence-electron chi connectivity index (χ2n) is 4.73. The first-order chi connectivity index (χ1) is 10.3. The summed E-state index contributed by atoms with van der Waals surface area (Å²) in [6.45, 7) is 3.75. The van der Waals surface area contributed by atoms with Crippen LogP contribution in [-0.4, -0.2) is 21.1 Å². The number of nitrogens with one attached hydrogen (secondary N) is 1. The van der Waals surface area contributed by atoms with Gasteiger partial charge in [-0.05, 0) is 47.5 Å². The number of hydrogen-bond donors (Lipinski definition) is 3. The molecule has 0 aliphatic carbocycles. The number of rotatable bonds is 4. The van der Waals surface area contributed by atoms with Gasteiger partial charge in [-0.15, -0.1) is 0 Å². The molecule has 1 aromatic carbocycles. The van der Waals surface area contributed by atoms with Crippen LogP contribution in [-0.2, 0) is 4.79 Å². The number of nitrogens with two attached hydrogens (primary N) is 2. The van der Waals surface area contributed by atoms with Gasteiger partial charge in [0.25, 0.3) is 0 Å². The van der Waals surface area contributed by atoms with Gasteiger partial charge in [0.2, 0.25) is 5.91 Å². The van der Waals surface area contributed by atoms with Crippen molar-refractivity contribution in [1.29, 1.82) is 0 Å². The standard InChI is InChI=1S/C14H16BrN5OS/c1-7-3-4-10(9(15)5-7)18-13(21)8(2)22-14-19-11(16)6-12(17)20-14/h3-6,8H,1-2H3,(H,18,21)(H4,16,17,19,20). The van der Waals surface area contributed by atoms with Gasteiger partial charge in [-0.25, -0.2) is 9.97 Å². The second kappa shape index (κ2) is 6.97. The molecular formula is C14H16BrN5OS. The molecule has 2 aromatic rings.